The normalized spacial score (nSPS) is 11.5. The molecule has 114 valence electrons. The van der Waals surface area contributed by atoms with E-state index in [1.54, 1.807) is 6.92 Å². The molecule has 6 nitrogen and oxygen atoms in total. The SMILES string of the molecule is CCOC(=O)C(C)(C)c1csc(Nc2c(C)n[nH]c2C)n1. The van der Waals surface area contributed by atoms with E-state index in [1.165, 1.54) is 11.3 Å². The highest BCUT2D eigenvalue weighted by atomic mass is 32.1. The molecule has 0 saturated heterocycles. The van der Waals surface area contributed by atoms with E-state index in [9.17, 15) is 4.79 Å². The first-order chi connectivity index (χ1) is 9.86. The number of thiazole rings is 1. The molecule has 7 heteroatoms. The van der Waals surface area contributed by atoms with E-state index in [-0.39, 0.29) is 5.97 Å². The molecule has 0 unspecified atom stereocenters. The molecule has 0 aliphatic carbocycles. The number of anilines is 2. The lowest BCUT2D eigenvalue weighted by molar-refractivity contribution is -0.148. The molecule has 0 atom stereocenters. The predicted octanol–water partition coefficient (Wildman–Crippen LogP) is 3.07. The van der Waals surface area contributed by atoms with Gasteiger partial charge in [0, 0.05) is 5.38 Å². The molecule has 0 bridgehead atoms. The summed E-state index contributed by atoms with van der Waals surface area (Å²) in [5.74, 6) is -0.266. The molecule has 21 heavy (non-hydrogen) atoms. The number of hydrogen-bond donors (Lipinski definition) is 2. The maximum absolute atomic E-state index is 12.0. The van der Waals surface area contributed by atoms with E-state index in [2.05, 4.69) is 20.5 Å². The van der Waals surface area contributed by atoms with Crippen LogP contribution < -0.4 is 5.32 Å². The number of nitrogens with one attached hydrogen (secondary N) is 2. The molecule has 0 amide bonds. The molecule has 0 radical (unpaired) electrons. The number of aryl methyl sites for hydroxylation is 2. The third-order valence-corrected chi connectivity index (χ3v) is 4.05. The number of esters is 1. The Morgan fingerprint density at radius 1 is 1.48 bits per heavy atom. The van der Waals surface area contributed by atoms with Gasteiger partial charge in [0.1, 0.15) is 5.41 Å². The summed E-state index contributed by atoms with van der Waals surface area (Å²) >= 11 is 1.46. The van der Waals surface area contributed by atoms with Gasteiger partial charge >= 0.3 is 5.97 Å². The third kappa shape index (κ3) is 3.07. The van der Waals surface area contributed by atoms with E-state index in [4.69, 9.17) is 4.74 Å². The number of ether oxygens (including phenoxy) is 1. The average Bonchev–Trinajstić information content (AvgIpc) is 3.02. The number of rotatable bonds is 5. The van der Waals surface area contributed by atoms with Gasteiger partial charge in [0.15, 0.2) is 5.13 Å². The monoisotopic (exact) mass is 308 g/mol. The van der Waals surface area contributed by atoms with Crippen LogP contribution in [0.25, 0.3) is 0 Å². The van der Waals surface area contributed by atoms with Crippen LogP contribution in [0.15, 0.2) is 5.38 Å². The number of aromatic nitrogens is 3. The molecular weight excluding hydrogens is 288 g/mol. The van der Waals surface area contributed by atoms with E-state index in [1.807, 2.05) is 33.1 Å². The minimum Gasteiger partial charge on any atom is -0.465 e. The highest BCUT2D eigenvalue weighted by molar-refractivity contribution is 7.13. The van der Waals surface area contributed by atoms with Gasteiger partial charge in [0.25, 0.3) is 0 Å². The van der Waals surface area contributed by atoms with Crippen LogP contribution in [0, 0.1) is 13.8 Å². The van der Waals surface area contributed by atoms with Crippen molar-refractivity contribution in [2.24, 2.45) is 0 Å². The number of hydrogen-bond acceptors (Lipinski definition) is 6. The highest BCUT2D eigenvalue weighted by Gasteiger charge is 2.34. The first-order valence-electron chi connectivity index (χ1n) is 6.78. The van der Waals surface area contributed by atoms with E-state index in [0.29, 0.717) is 12.3 Å². The van der Waals surface area contributed by atoms with Gasteiger partial charge < -0.3 is 10.1 Å². The fourth-order valence-corrected chi connectivity index (χ4v) is 2.76. The summed E-state index contributed by atoms with van der Waals surface area (Å²) in [6.45, 7) is 9.66. The molecule has 2 heterocycles. The Hall–Kier alpha value is -1.89. The van der Waals surface area contributed by atoms with Crippen LogP contribution in [0.4, 0.5) is 10.8 Å². The van der Waals surface area contributed by atoms with Crippen molar-refractivity contribution in [3.05, 3.63) is 22.5 Å². The number of H-pyrrole nitrogens is 1. The van der Waals surface area contributed by atoms with Gasteiger partial charge in [-0.05, 0) is 34.6 Å². The van der Waals surface area contributed by atoms with Crippen molar-refractivity contribution < 1.29 is 9.53 Å². The molecular formula is C14H20N4O2S. The zero-order valence-electron chi connectivity index (χ0n) is 12.9. The largest absolute Gasteiger partial charge is 0.465 e. The zero-order valence-corrected chi connectivity index (χ0v) is 13.7. The van der Waals surface area contributed by atoms with Crippen LogP contribution in [0.2, 0.25) is 0 Å². The van der Waals surface area contributed by atoms with Crippen LogP contribution in [-0.2, 0) is 14.9 Å². The molecule has 2 aromatic rings. The van der Waals surface area contributed by atoms with Gasteiger partial charge in [-0.2, -0.15) is 5.10 Å². The second kappa shape index (κ2) is 5.85. The van der Waals surface area contributed by atoms with Crippen LogP contribution >= 0.6 is 11.3 Å². The van der Waals surface area contributed by atoms with E-state index < -0.39 is 5.41 Å². The quantitative estimate of drug-likeness (QED) is 0.830. The lowest BCUT2D eigenvalue weighted by atomic mass is 9.90. The van der Waals surface area contributed by atoms with Gasteiger partial charge in [-0.3, -0.25) is 9.89 Å². The Balaban J connectivity index is 2.20. The second-order valence-electron chi connectivity index (χ2n) is 5.32. The summed E-state index contributed by atoms with van der Waals surface area (Å²) in [4.78, 5) is 16.5. The standard InChI is InChI=1S/C14H20N4O2S/c1-6-20-12(19)14(4,5)10-7-21-13(15-10)16-11-8(2)17-18-9(11)3/h7H,6H2,1-5H3,(H,15,16)(H,17,18). The lowest BCUT2D eigenvalue weighted by Crippen LogP contribution is -2.31. The van der Waals surface area contributed by atoms with Crippen molar-refractivity contribution in [2.75, 3.05) is 11.9 Å². The number of carbonyl (C=O) groups is 1. The van der Waals surface area contributed by atoms with Gasteiger partial charge in [-0.15, -0.1) is 11.3 Å². The molecule has 2 aromatic heterocycles. The smallest absolute Gasteiger partial charge is 0.317 e. The Morgan fingerprint density at radius 3 is 2.76 bits per heavy atom. The van der Waals surface area contributed by atoms with Crippen molar-refractivity contribution in [2.45, 2.75) is 40.0 Å². The molecule has 0 aliphatic heterocycles. The molecule has 0 aliphatic rings. The number of nitrogens with zero attached hydrogens (tertiary/aromatic N) is 2. The fraction of sp³-hybridized carbons (Fsp3) is 0.500. The highest BCUT2D eigenvalue weighted by Crippen LogP contribution is 2.31. The topological polar surface area (TPSA) is 79.9 Å². The predicted molar refractivity (Wildman–Crippen MR) is 83.1 cm³/mol. The van der Waals surface area contributed by atoms with E-state index in [0.717, 1.165) is 22.2 Å². The lowest BCUT2D eigenvalue weighted by Gasteiger charge is -2.19. The Labute approximate surface area is 127 Å². The summed E-state index contributed by atoms with van der Waals surface area (Å²) in [7, 11) is 0. The van der Waals surface area contributed by atoms with Crippen molar-refractivity contribution in [1.29, 1.82) is 0 Å². The van der Waals surface area contributed by atoms with Crippen molar-refractivity contribution in [3.8, 4) is 0 Å². The summed E-state index contributed by atoms with van der Waals surface area (Å²) in [5.41, 5.74) is 2.70. The maximum atomic E-state index is 12.0. The minimum absolute atomic E-state index is 0.266. The van der Waals surface area contributed by atoms with Crippen LogP contribution in [0.1, 0.15) is 37.9 Å². The second-order valence-corrected chi connectivity index (χ2v) is 6.18. The van der Waals surface area contributed by atoms with Gasteiger partial charge in [0.05, 0.1) is 29.4 Å². The van der Waals surface area contributed by atoms with Crippen molar-refractivity contribution >= 4 is 28.1 Å². The zero-order chi connectivity index (χ0) is 15.6. The number of carbonyl (C=O) groups excluding carboxylic acids is 1. The van der Waals surface area contributed by atoms with E-state index >= 15 is 0 Å². The number of aromatic amines is 1. The van der Waals surface area contributed by atoms with Gasteiger partial charge in [-0.25, -0.2) is 4.98 Å². The maximum Gasteiger partial charge on any atom is 0.317 e. The molecule has 0 aromatic carbocycles. The Kier molecular flexibility index (Phi) is 4.32. The molecule has 0 fully saturated rings. The summed E-state index contributed by atoms with van der Waals surface area (Å²) in [6.07, 6.45) is 0. The fourth-order valence-electron chi connectivity index (χ4n) is 1.88. The first kappa shape index (κ1) is 15.5. The van der Waals surface area contributed by atoms with Crippen LogP contribution in [0.5, 0.6) is 0 Å². The van der Waals surface area contributed by atoms with Crippen LogP contribution in [0.3, 0.4) is 0 Å². The van der Waals surface area contributed by atoms with Crippen LogP contribution in [-0.4, -0.2) is 27.8 Å². The summed E-state index contributed by atoms with van der Waals surface area (Å²) in [6, 6.07) is 0. The third-order valence-electron chi connectivity index (χ3n) is 3.29. The molecule has 2 N–H and O–H groups in total. The Morgan fingerprint density at radius 2 is 2.19 bits per heavy atom. The van der Waals surface area contributed by atoms with Gasteiger partial charge in [-0.1, -0.05) is 0 Å². The molecule has 2 rings (SSSR count). The van der Waals surface area contributed by atoms with Gasteiger partial charge in [0.2, 0.25) is 0 Å². The molecule has 0 saturated carbocycles. The minimum atomic E-state index is -0.757. The summed E-state index contributed by atoms with van der Waals surface area (Å²) in [5, 5.41) is 12.9. The summed E-state index contributed by atoms with van der Waals surface area (Å²) < 4.78 is 5.10. The van der Waals surface area contributed by atoms with Crippen molar-refractivity contribution in [3.63, 3.8) is 0 Å². The average molecular weight is 308 g/mol. The first-order valence-corrected chi connectivity index (χ1v) is 7.66. The Bertz CT molecular complexity index is 626. The van der Waals surface area contributed by atoms with Crippen molar-refractivity contribution in [1.82, 2.24) is 15.2 Å². The molecule has 0 spiro atoms.